The first-order valence-corrected chi connectivity index (χ1v) is 7.19. The number of carbonyl (C=O) groups is 2. The Morgan fingerprint density at radius 3 is 2.71 bits per heavy atom. The van der Waals surface area contributed by atoms with Gasteiger partial charge < -0.3 is 15.4 Å². The molecule has 21 heavy (non-hydrogen) atoms. The largest absolute Gasteiger partial charge is 0.481 e. The van der Waals surface area contributed by atoms with Crippen LogP contribution in [0.2, 0.25) is 0 Å². The van der Waals surface area contributed by atoms with Crippen LogP contribution in [0.5, 0.6) is 0 Å². The summed E-state index contributed by atoms with van der Waals surface area (Å²) in [5, 5.41) is 13.2. The van der Waals surface area contributed by atoms with Crippen molar-refractivity contribution in [2.75, 3.05) is 6.54 Å². The summed E-state index contributed by atoms with van der Waals surface area (Å²) in [5.41, 5.74) is 0.659. The van der Waals surface area contributed by atoms with E-state index in [-0.39, 0.29) is 12.5 Å². The van der Waals surface area contributed by atoms with Gasteiger partial charge in [-0.2, -0.15) is 0 Å². The Balaban J connectivity index is 1.72. The van der Waals surface area contributed by atoms with Gasteiger partial charge in [-0.15, -0.1) is 0 Å². The van der Waals surface area contributed by atoms with Crippen LogP contribution in [0.15, 0.2) is 30.5 Å². The first-order chi connectivity index (χ1) is 10.1. The van der Waals surface area contributed by atoms with E-state index >= 15 is 0 Å². The standard InChI is InChI=1S/C16H18N2O3/c19-14(12-4-3-11-5-8-17-13(11)9-12)18-10-16(15(20)21)6-1-2-7-16/h3-5,8-9,17H,1-2,6-7,10H2,(H,18,19)(H,20,21). The number of aromatic nitrogens is 1. The molecule has 0 radical (unpaired) electrons. The van der Waals surface area contributed by atoms with E-state index < -0.39 is 11.4 Å². The van der Waals surface area contributed by atoms with Crippen molar-refractivity contribution in [3.63, 3.8) is 0 Å². The van der Waals surface area contributed by atoms with E-state index in [1.807, 2.05) is 18.3 Å². The average molecular weight is 286 g/mol. The third-order valence-corrected chi connectivity index (χ3v) is 4.42. The third-order valence-electron chi connectivity index (χ3n) is 4.42. The molecule has 1 fully saturated rings. The molecule has 1 aliphatic carbocycles. The average Bonchev–Trinajstić information content (AvgIpc) is 3.13. The molecule has 5 heteroatoms. The van der Waals surface area contributed by atoms with Gasteiger partial charge in [0, 0.05) is 23.8 Å². The Morgan fingerprint density at radius 2 is 2.00 bits per heavy atom. The Kier molecular flexibility index (Phi) is 3.41. The summed E-state index contributed by atoms with van der Waals surface area (Å²) in [5.74, 6) is -1.03. The van der Waals surface area contributed by atoms with Crippen molar-refractivity contribution in [2.24, 2.45) is 5.41 Å². The summed E-state index contributed by atoms with van der Waals surface area (Å²) in [4.78, 5) is 26.7. The van der Waals surface area contributed by atoms with Gasteiger partial charge in [-0.25, -0.2) is 0 Å². The zero-order chi connectivity index (χ0) is 14.9. The number of benzene rings is 1. The van der Waals surface area contributed by atoms with Gasteiger partial charge in [0.25, 0.3) is 5.91 Å². The number of carboxylic acid groups (broad SMARTS) is 1. The molecule has 1 amide bonds. The number of nitrogens with one attached hydrogen (secondary N) is 2. The number of hydrogen-bond acceptors (Lipinski definition) is 2. The lowest BCUT2D eigenvalue weighted by Gasteiger charge is -2.23. The summed E-state index contributed by atoms with van der Waals surface area (Å²) in [6.45, 7) is 0.198. The molecular formula is C16H18N2O3. The van der Waals surface area contributed by atoms with E-state index in [1.54, 1.807) is 12.1 Å². The fourth-order valence-corrected chi connectivity index (χ4v) is 3.06. The van der Waals surface area contributed by atoms with Gasteiger partial charge in [-0.3, -0.25) is 9.59 Å². The van der Waals surface area contributed by atoms with Crippen LogP contribution in [0.1, 0.15) is 36.0 Å². The molecule has 0 saturated heterocycles. The predicted octanol–water partition coefficient (Wildman–Crippen LogP) is 2.54. The van der Waals surface area contributed by atoms with Gasteiger partial charge >= 0.3 is 5.97 Å². The topological polar surface area (TPSA) is 82.2 Å². The molecule has 0 bridgehead atoms. The van der Waals surface area contributed by atoms with Gasteiger partial charge in [0.1, 0.15) is 0 Å². The van der Waals surface area contributed by atoms with Crippen molar-refractivity contribution in [3.05, 3.63) is 36.0 Å². The van der Waals surface area contributed by atoms with Crippen LogP contribution >= 0.6 is 0 Å². The van der Waals surface area contributed by atoms with Crippen LogP contribution < -0.4 is 5.32 Å². The highest BCUT2D eigenvalue weighted by Crippen LogP contribution is 2.37. The Bertz CT molecular complexity index is 684. The van der Waals surface area contributed by atoms with Gasteiger partial charge in [0.15, 0.2) is 0 Å². The summed E-state index contributed by atoms with van der Waals surface area (Å²) in [6, 6.07) is 7.36. The number of carboxylic acids is 1. The Labute approximate surface area is 122 Å². The summed E-state index contributed by atoms with van der Waals surface area (Å²) in [6.07, 6.45) is 4.92. The molecule has 1 heterocycles. The van der Waals surface area contributed by atoms with E-state index in [2.05, 4.69) is 10.3 Å². The SMILES string of the molecule is O=C(NCC1(C(=O)O)CCCC1)c1ccc2cc[nH]c2c1. The minimum Gasteiger partial charge on any atom is -0.481 e. The molecule has 1 aromatic heterocycles. The lowest BCUT2D eigenvalue weighted by atomic mass is 9.86. The van der Waals surface area contributed by atoms with Crippen LogP contribution in [0, 0.1) is 5.41 Å². The molecule has 2 aromatic rings. The van der Waals surface area contributed by atoms with Gasteiger partial charge in [-0.1, -0.05) is 18.9 Å². The zero-order valence-electron chi connectivity index (χ0n) is 11.7. The summed E-state index contributed by atoms with van der Waals surface area (Å²) < 4.78 is 0. The smallest absolute Gasteiger partial charge is 0.311 e. The fourth-order valence-electron chi connectivity index (χ4n) is 3.06. The highest BCUT2D eigenvalue weighted by atomic mass is 16.4. The number of amides is 1. The molecule has 1 aromatic carbocycles. The van der Waals surface area contributed by atoms with Gasteiger partial charge in [0.05, 0.1) is 5.41 Å². The minimum atomic E-state index is -0.805. The minimum absolute atomic E-state index is 0.198. The van der Waals surface area contributed by atoms with Crippen molar-refractivity contribution in [3.8, 4) is 0 Å². The second-order valence-electron chi connectivity index (χ2n) is 5.75. The van der Waals surface area contributed by atoms with Crippen molar-refractivity contribution in [1.29, 1.82) is 0 Å². The number of aromatic amines is 1. The van der Waals surface area contributed by atoms with Crippen LogP contribution in [0.3, 0.4) is 0 Å². The number of carbonyl (C=O) groups excluding carboxylic acids is 1. The lowest BCUT2D eigenvalue weighted by Crippen LogP contribution is -2.41. The molecule has 0 atom stereocenters. The molecule has 1 saturated carbocycles. The van der Waals surface area contributed by atoms with Crippen LogP contribution in [-0.4, -0.2) is 28.5 Å². The van der Waals surface area contributed by atoms with Crippen LogP contribution in [0.25, 0.3) is 10.9 Å². The molecule has 3 rings (SSSR count). The van der Waals surface area contributed by atoms with Crippen molar-refractivity contribution < 1.29 is 14.7 Å². The number of fused-ring (bicyclic) bond motifs is 1. The Hall–Kier alpha value is -2.30. The highest BCUT2D eigenvalue weighted by Gasteiger charge is 2.41. The summed E-state index contributed by atoms with van der Waals surface area (Å²) in [7, 11) is 0. The fraction of sp³-hybridized carbons (Fsp3) is 0.375. The van der Waals surface area contributed by atoms with E-state index in [9.17, 15) is 14.7 Å². The van der Waals surface area contributed by atoms with E-state index in [4.69, 9.17) is 0 Å². The highest BCUT2D eigenvalue weighted by molar-refractivity contribution is 5.98. The first kappa shape index (κ1) is 13.7. The first-order valence-electron chi connectivity index (χ1n) is 7.19. The Morgan fingerprint density at radius 1 is 1.24 bits per heavy atom. The maximum Gasteiger partial charge on any atom is 0.311 e. The summed E-state index contributed by atoms with van der Waals surface area (Å²) >= 11 is 0. The molecule has 1 aliphatic rings. The van der Waals surface area contributed by atoms with Gasteiger partial charge in [-0.05, 0) is 36.4 Å². The zero-order valence-corrected chi connectivity index (χ0v) is 11.7. The van der Waals surface area contributed by atoms with Crippen molar-refractivity contribution in [1.82, 2.24) is 10.3 Å². The normalized spacial score (nSPS) is 17.0. The quantitative estimate of drug-likeness (QED) is 0.807. The second-order valence-corrected chi connectivity index (χ2v) is 5.75. The third kappa shape index (κ3) is 2.51. The van der Waals surface area contributed by atoms with E-state index in [0.717, 1.165) is 23.7 Å². The molecule has 0 unspecified atom stereocenters. The monoisotopic (exact) mass is 286 g/mol. The second kappa shape index (κ2) is 5.24. The van der Waals surface area contributed by atoms with Crippen molar-refractivity contribution in [2.45, 2.75) is 25.7 Å². The maximum atomic E-state index is 12.2. The molecule has 3 N–H and O–H groups in total. The number of hydrogen-bond donors (Lipinski definition) is 3. The van der Waals surface area contributed by atoms with Crippen molar-refractivity contribution >= 4 is 22.8 Å². The maximum absolute atomic E-state index is 12.2. The van der Waals surface area contributed by atoms with E-state index in [0.29, 0.717) is 18.4 Å². The number of H-pyrrole nitrogens is 1. The molecule has 110 valence electrons. The number of rotatable bonds is 4. The van der Waals surface area contributed by atoms with Crippen LogP contribution in [0.4, 0.5) is 0 Å². The molecule has 5 nitrogen and oxygen atoms in total. The molecule has 0 aliphatic heterocycles. The predicted molar refractivity (Wildman–Crippen MR) is 79.2 cm³/mol. The van der Waals surface area contributed by atoms with E-state index in [1.165, 1.54) is 0 Å². The van der Waals surface area contributed by atoms with Gasteiger partial charge in [0.2, 0.25) is 0 Å². The number of aliphatic carboxylic acids is 1. The molecule has 0 spiro atoms. The lowest BCUT2D eigenvalue weighted by molar-refractivity contribution is -0.148. The molecular weight excluding hydrogens is 268 g/mol. The van der Waals surface area contributed by atoms with Crippen LogP contribution in [-0.2, 0) is 4.79 Å².